The van der Waals surface area contributed by atoms with Crippen LogP contribution in [0.15, 0.2) is 192 Å². The maximum absolute atomic E-state index is 6.90. The first-order valence-electron chi connectivity index (χ1n) is 19.1. The van der Waals surface area contributed by atoms with E-state index in [1.165, 1.54) is 5.39 Å². The molecule has 0 aliphatic heterocycles. The standard InChI is InChI=1S/C51H31N5O/c1-4-16-32(17-5-1)49-52-50(33-18-6-2-7-19-33)54-51(53-49)34-28-30-36(31-29-34)56-40-25-13-10-22-37(40)43-44-39-24-12-15-27-42(39)57-48(44)45-38-23-11-14-26-41(38)55(47(45)46(43)56)35-20-8-3-9-21-35/h1-31H. The summed E-state index contributed by atoms with van der Waals surface area (Å²) in [5, 5.41) is 6.81. The summed E-state index contributed by atoms with van der Waals surface area (Å²) in [6.45, 7) is 0. The molecule has 0 saturated heterocycles. The molecular formula is C51H31N5O. The van der Waals surface area contributed by atoms with E-state index in [1.807, 2.05) is 60.7 Å². The molecule has 0 spiro atoms. The average molecular weight is 730 g/mol. The van der Waals surface area contributed by atoms with Crippen molar-refractivity contribution in [2.75, 3.05) is 0 Å². The van der Waals surface area contributed by atoms with Gasteiger partial charge in [-0.1, -0.05) is 133 Å². The third-order valence-corrected chi connectivity index (χ3v) is 11.1. The van der Waals surface area contributed by atoms with Crippen molar-refractivity contribution in [2.45, 2.75) is 0 Å². The summed E-state index contributed by atoms with van der Waals surface area (Å²) in [4.78, 5) is 14.9. The first-order chi connectivity index (χ1) is 28.3. The SMILES string of the molecule is c1ccc(-c2nc(-c3ccccc3)nc(-c3ccc(-n4c5ccccc5c5c6c7ccccc7oc6c6c7ccccc7n(-c7ccccc7)c6c54)cc3)n2)cc1. The highest BCUT2D eigenvalue weighted by Gasteiger charge is 2.27. The Morgan fingerprint density at radius 1 is 0.333 bits per heavy atom. The van der Waals surface area contributed by atoms with Crippen molar-refractivity contribution in [3.63, 3.8) is 0 Å². The largest absolute Gasteiger partial charge is 0.455 e. The molecule has 0 bridgehead atoms. The Bertz CT molecular complexity index is 3430. The van der Waals surface area contributed by atoms with E-state index in [9.17, 15) is 0 Å². The maximum Gasteiger partial charge on any atom is 0.164 e. The number of fused-ring (bicyclic) bond motifs is 12. The predicted octanol–water partition coefficient (Wildman–Crippen LogP) is 13.0. The molecule has 0 N–H and O–H groups in total. The van der Waals surface area contributed by atoms with Crippen molar-refractivity contribution in [3.05, 3.63) is 188 Å². The van der Waals surface area contributed by atoms with Gasteiger partial charge in [0.1, 0.15) is 11.2 Å². The van der Waals surface area contributed by atoms with Crippen molar-refractivity contribution in [1.29, 1.82) is 0 Å². The van der Waals surface area contributed by atoms with Crippen molar-refractivity contribution in [3.8, 4) is 45.5 Å². The van der Waals surface area contributed by atoms with Gasteiger partial charge in [-0.25, -0.2) is 15.0 Å². The highest BCUT2D eigenvalue weighted by Crippen LogP contribution is 2.49. The number of furan rings is 1. The van der Waals surface area contributed by atoms with Gasteiger partial charge in [-0.2, -0.15) is 0 Å². The molecule has 4 heterocycles. The Balaban J connectivity index is 1.17. The second-order valence-electron chi connectivity index (χ2n) is 14.4. The number of hydrogen-bond donors (Lipinski definition) is 0. The van der Waals surface area contributed by atoms with E-state index < -0.39 is 0 Å². The molecule has 12 aromatic rings. The first kappa shape index (κ1) is 31.5. The van der Waals surface area contributed by atoms with Crippen molar-refractivity contribution in [1.82, 2.24) is 24.1 Å². The second-order valence-corrected chi connectivity index (χ2v) is 14.4. The van der Waals surface area contributed by atoms with Crippen LogP contribution in [0.2, 0.25) is 0 Å². The third-order valence-electron chi connectivity index (χ3n) is 11.1. The zero-order valence-corrected chi connectivity index (χ0v) is 30.5. The van der Waals surface area contributed by atoms with Gasteiger partial charge in [-0.3, -0.25) is 0 Å². The fourth-order valence-corrected chi connectivity index (χ4v) is 8.69. The van der Waals surface area contributed by atoms with Gasteiger partial charge in [0.2, 0.25) is 0 Å². The highest BCUT2D eigenvalue weighted by atomic mass is 16.3. The first-order valence-corrected chi connectivity index (χ1v) is 19.1. The van der Waals surface area contributed by atoms with Crippen molar-refractivity contribution < 1.29 is 4.42 Å². The third kappa shape index (κ3) is 4.74. The lowest BCUT2D eigenvalue weighted by atomic mass is 10.0. The molecule has 0 amide bonds. The monoisotopic (exact) mass is 729 g/mol. The zero-order chi connectivity index (χ0) is 37.5. The van der Waals surface area contributed by atoms with Gasteiger partial charge < -0.3 is 13.6 Å². The maximum atomic E-state index is 6.90. The number of rotatable bonds is 5. The summed E-state index contributed by atoms with van der Waals surface area (Å²) < 4.78 is 11.7. The van der Waals surface area contributed by atoms with Gasteiger partial charge in [-0.15, -0.1) is 0 Å². The molecule has 0 atom stereocenters. The molecule has 6 heteroatoms. The lowest BCUT2D eigenvalue weighted by Gasteiger charge is -2.13. The van der Waals surface area contributed by atoms with E-state index in [1.54, 1.807) is 0 Å². The summed E-state index contributed by atoms with van der Waals surface area (Å²) in [7, 11) is 0. The molecule has 8 aromatic carbocycles. The van der Waals surface area contributed by atoms with Crippen LogP contribution in [0.4, 0.5) is 0 Å². The summed E-state index contributed by atoms with van der Waals surface area (Å²) in [5.41, 5.74) is 11.1. The second kappa shape index (κ2) is 12.3. The van der Waals surface area contributed by atoms with E-state index in [-0.39, 0.29) is 0 Å². The minimum absolute atomic E-state index is 0.620. The highest BCUT2D eigenvalue weighted by molar-refractivity contribution is 6.39. The molecule has 0 radical (unpaired) electrons. The lowest BCUT2D eigenvalue weighted by molar-refractivity contribution is 0.673. The number of benzene rings is 8. The zero-order valence-electron chi connectivity index (χ0n) is 30.5. The molecule has 0 saturated carbocycles. The average Bonchev–Trinajstić information content (AvgIpc) is 3.95. The van der Waals surface area contributed by atoms with Crippen LogP contribution in [0, 0.1) is 0 Å². The molecule has 0 unspecified atom stereocenters. The molecule has 4 aromatic heterocycles. The Kier molecular flexibility index (Phi) is 6.83. The van der Waals surface area contributed by atoms with Crippen LogP contribution < -0.4 is 0 Å². The Morgan fingerprint density at radius 2 is 0.754 bits per heavy atom. The van der Waals surface area contributed by atoms with Crippen LogP contribution in [-0.2, 0) is 0 Å². The minimum atomic E-state index is 0.620. The van der Waals surface area contributed by atoms with Crippen LogP contribution >= 0.6 is 0 Å². The Hall–Kier alpha value is -7.83. The lowest BCUT2D eigenvalue weighted by Crippen LogP contribution is -2.01. The molecule has 57 heavy (non-hydrogen) atoms. The van der Waals surface area contributed by atoms with Crippen LogP contribution in [0.3, 0.4) is 0 Å². The Morgan fingerprint density at radius 3 is 1.33 bits per heavy atom. The van der Waals surface area contributed by atoms with Gasteiger partial charge in [-0.05, 0) is 54.6 Å². The van der Waals surface area contributed by atoms with Crippen LogP contribution in [-0.4, -0.2) is 24.1 Å². The topological polar surface area (TPSA) is 61.7 Å². The van der Waals surface area contributed by atoms with Gasteiger partial charge in [0.05, 0.1) is 27.5 Å². The quantitative estimate of drug-likeness (QED) is 0.177. The molecule has 12 rings (SSSR count). The summed E-state index contributed by atoms with van der Waals surface area (Å²) in [6.07, 6.45) is 0. The summed E-state index contributed by atoms with van der Waals surface area (Å²) in [6, 6.07) is 65.3. The van der Waals surface area contributed by atoms with E-state index >= 15 is 0 Å². The van der Waals surface area contributed by atoms with E-state index in [0.29, 0.717) is 17.5 Å². The van der Waals surface area contributed by atoms with Crippen LogP contribution in [0.5, 0.6) is 0 Å². The molecule has 6 nitrogen and oxygen atoms in total. The summed E-state index contributed by atoms with van der Waals surface area (Å²) >= 11 is 0. The van der Waals surface area contributed by atoms with Crippen LogP contribution in [0.1, 0.15) is 0 Å². The fourth-order valence-electron chi connectivity index (χ4n) is 8.69. The number of nitrogens with zero attached hydrogens (tertiary/aromatic N) is 5. The predicted molar refractivity (Wildman–Crippen MR) is 232 cm³/mol. The number of para-hydroxylation sites is 4. The molecule has 0 fully saturated rings. The fraction of sp³-hybridized carbons (Fsp3) is 0. The van der Waals surface area contributed by atoms with Crippen LogP contribution in [0.25, 0.3) is 111 Å². The Labute approximate surface area is 326 Å². The summed E-state index contributed by atoms with van der Waals surface area (Å²) in [5.74, 6) is 1.89. The molecule has 0 aliphatic rings. The van der Waals surface area contributed by atoms with E-state index in [2.05, 4.69) is 137 Å². The number of hydrogen-bond acceptors (Lipinski definition) is 4. The molecule has 266 valence electrons. The van der Waals surface area contributed by atoms with Crippen molar-refractivity contribution in [2.24, 2.45) is 0 Å². The van der Waals surface area contributed by atoms with Gasteiger partial charge in [0.15, 0.2) is 17.5 Å². The number of aromatic nitrogens is 5. The smallest absolute Gasteiger partial charge is 0.164 e. The van der Waals surface area contributed by atoms with Crippen molar-refractivity contribution >= 4 is 65.6 Å². The minimum Gasteiger partial charge on any atom is -0.455 e. The van der Waals surface area contributed by atoms with Gasteiger partial charge >= 0.3 is 0 Å². The normalized spacial score (nSPS) is 11.9. The van der Waals surface area contributed by atoms with Gasteiger partial charge in [0, 0.05) is 55.0 Å². The van der Waals surface area contributed by atoms with E-state index in [0.717, 1.165) is 88.2 Å². The molecular weight excluding hydrogens is 699 g/mol. The van der Waals surface area contributed by atoms with E-state index in [4.69, 9.17) is 19.4 Å². The van der Waals surface area contributed by atoms with Gasteiger partial charge in [0.25, 0.3) is 0 Å². The molecule has 0 aliphatic carbocycles.